The van der Waals surface area contributed by atoms with Crippen LogP contribution >= 0.6 is 0 Å². The van der Waals surface area contributed by atoms with Crippen molar-refractivity contribution in [2.45, 2.75) is 20.0 Å². The maximum atomic E-state index is 11.3. The Balaban J connectivity index is 2.55. The molecule has 1 rings (SSSR count). The van der Waals surface area contributed by atoms with E-state index < -0.39 is 18.0 Å². The van der Waals surface area contributed by atoms with Gasteiger partial charge < -0.3 is 10.1 Å². The number of hydrogen-bond donors (Lipinski definition) is 1. The smallest absolute Gasteiger partial charge is 0.397 e. The van der Waals surface area contributed by atoms with Crippen LogP contribution in [0.25, 0.3) is 0 Å². The summed E-state index contributed by atoms with van der Waals surface area (Å²) in [5, 5.41) is 2.39. The minimum absolute atomic E-state index is 0.410. The van der Waals surface area contributed by atoms with Gasteiger partial charge in [0.2, 0.25) is 0 Å². The van der Waals surface area contributed by atoms with Gasteiger partial charge in [0.15, 0.2) is 0 Å². The van der Waals surface area contributed by atoms with Gasteiger partial charge in [-0.1, -0.05) is 30.3 Å². The number of carbonyl (C=O) groups is 2. The van der Waals surface area contributed by atoms with Crippen molar-refractivity contribution in [3.05, 3.63) is 35.9 Å². The van der Waals surface area contributed by atoms with Gasteiger partial charge in [-0.15, -0.1) is 0 Å². The molecule has 4 nitrogen and oxygen atoms in total. The van der Waals surface area contributed by atoms with Gasteiger partial charge in [-0.05, 0) is 19.4 Å². The molecule has 0 radical (unpaired) electrons. The SMILES string of the molecule is CCNC(=O)C(=O)OC(C)c1ccccc1. The summed E-state index contributed by atoms with van der Waals surface area (Å²) in [5.41, 5.74) is 0.861. The van der Waals surface area contributed by atoms with Crippen molar-refractivity contribution < 1.29 is 14.3 Å². The highest BCUT2D eigenvalue weighted by Gasteiger charge is 2.18. The normalized spacial score (nSPS) is 11.6. The molecule has 1 aromatic rings. The summed E-state index contributed by atoms with van der Waals surface area (Å²) in [7, 11) is 0. The summed E-state index contributed by atoms with van der Waals surface area (Å²) in [6.07, 6.45) is -0.420. The molecular formula is C12H15NO3. The number of benzene rings is 1. The van der Waals surface area contributed by atoms with E-state index in [0.717, 1.165) is 5.56 Å². The predicted octanol–water partition coefficient (Wildman–Crippen LogP) is 1.43. The fourth-order valence-electron chi connectivity index (χ4n) is 1.24. The maximum Gasteiger partial charge on any atom is 0.397 e. The molecule has 1 N–H and O–H groups in total. The number of esters is 1. The highest BCUT2D eigenvalue weighted by atomic mass is 16.5. The third-order valence-electron chi connectivity index (χ3n) is 2.08. The van der Waals surface area contributed by atoms with Crippen molar-refractivity contribution in [2.75, 3.05) is 6.54 Å². The number of ether oxygens (including phenoxy) is 1. The number of nitrogens with one attached hydrogen (secondary N) is 1. The van der Waals surface area contributed by atoms with Crippen molar-refractivity contribution in [1.29, 1.82) is 0 Å². The quantitative estimate of drug-likeness (QED) is 0.620. The van der Waals surface area contributed by atoms with E-state index in [9.17, 15) is 9.59 Å². The zero-order chi connectivity index (χ0) is 12.0. The average molecular weight is 221 g/mol. The number of likely N-dealkylation sites (N-methyl/N-ethyl adjacent to an activating group) is 1. The Morgan fingerprint density at radius 3 is 2.50 bits per heavy atom. The van der Waals surface area contributed by atoms with Crippen LogP contribution in [0.2, 0.25) is 0 Å². The molecule has 0 bridgehead atoms. The van der Waals surface area contributed by atoms with Crippen molar-refractivity contribution in [3.63, 3.8) is 0 Å². The first kappa shape index (κ1) is 12.2. The van der Waals surface area contributed by atoms with Crippen LogP contribution in [0.3, 0.4) is 0 Å². The molecule has 1 amide bonds. The summed E-state index contributed by atoms with van der Waals surface area (Å²) in [6.45, 7) is 3.88. The van der Waals surface area contributed by atoms with Gasteiger partial charge in [0, 0.05) is 6.54 Å². The summed E-state index contributed by atoms with van der Waals surface area (Å²) in [4.78, 5) is 22.4. The van der Waals surface area contributed by atoms with Crippen LogP contribution in [0, 0.1) is 0 Å². The van der Waals surface area contributed by atoms with E-state index in [-0.39, 0.29) is 0 Å². The second-order valence-electron chi connectivity index (χ2n) is 3.32. The molecule has 0 heterocycles. The molecule has 86 valence electrons. The number of rotatable bonds is 3. The van der Waals surface area contributed by atoms with Gasteiger partial charge in [-0.25, -0.2) is 4.79 Å². The molecule has 1 atom stereocenters. The molecule has 0 aliphatic carbocycles. The molecule has 1 aromatic carbocycles. The van der Waals surface area contributed by atoms with Gasteiger partial charge in [0.25, 0.3) is 0 Å². The van der Waals surface area contributed by atoms with E-state index in [1.807, 2.05) is 30.3 Å². The number of hydrogen-bond acceptors (Lipinski definition) is 3. The molecule has 0 fully saturated rings. The first-order chi connectivity index (χ1) is 7.65. The summed E-state index contributed by atoms with van der Waals surface area (Å²) in [6, 6.07) is 9.27. The monoisotopic (exact) mass is 221 g/mol. The number of carbonyl (C=O) groups excluding carboxylic acids is 2. The molecule has 1 unspecified atom stereocenters. The molecule has 16 heavy (non-hydrogen) atoms. The topological polar surface area (TPSA) is 55.4 Å². The Bertz CT molecular complexity index is 362. The largest absolute Gasteiger partial charge is 0.451 e. The lowest BCUT2D eigenvalue weighted by molar-refractivity contribution is -0.158. The molecular weight excluding hydrogens is 206 g/mol. The Labute approximate surface area is 94.6 Å². The van der Waals surface area contributed by atoms with Crippen LogP contribution in [0.5, 0.6) is 0 Å². The standard InChI is InChI=1S/C12H15NO3/c1-3-13-11(14)12(15)16-9(2)10-7-5-4-6-8-10/h4-9H,3H2,1-2H3,(H,13,14). The molecule has 0 saturated heterocycles. The van der Waals surface area contributed by atoms with Crippen molar-refractivity contribution >= 4 is 11.9 Å². The van der Waals surface area contributed by atoms with E-state index in [1.165, 1.54) is 0 Å². The molecule has 4 heteroatoms. The fourth-order valence-corrected chi connectivity index (χ4v) is 1.24. The Morgan fingerprint density at radius 1 is 1.31 bits per heavy atom. The second kappa shape index (κ2) is 5.90. The zero-order valence-corrected chi connectivity index (χ0v) is 9.40. The first-order valence-corrected chi connectivity index (χ1v) is 5.19. The van der Waals surface area contributed by atoms with Crippen LogP contribution in [-0.4, -0.2) is 18.4 Å². The minimum atomic E-state index is -0.849. The van der Waals surface area contributed by atoms with Crippen molar-refractivity contribution in [2.24, 2.45) is 0 Å². The Morgan fingerprint density at radius 2 is 1.94 bits per heavy atom. The average Bonchev–Trinajstić information content (AvgIpc) is 2.30. The minimum Gasteiger partial charge on any atom is -0.451 e. The summed E-state index contributed by atoms with van der Waals surface area (Å²) < 4.78 is 5.00. The fraction of sp³-hybridized carbons (Fsp3) is 0.333. The van der Waals surface area contributed by atoms with E-state index in [2.05, 4.69) is 5.32 Å². The molecule has 0 saturated carbocycles. The lowest BCUT2D eigenvalue weighted by atomic mass is 10.1. The van der Waals surface area contributed by atoms with E-state index in [4.69, 9.17) is 4.74 Å². The Kier molecular flexibility index (Phi) is 4.51. The highest BCUT2D eigenvalue weighted by Crippen LogP contribution is 2.15. The molecule has 0 spiro atoms. The summed E-state index contributed by atoms with van der Waals surface area (Å²) in [5.74, 6) is -1.55. The van der Waals surface area contributed by atoms with E-state index >= 15 is 0 Å². The van der Waals surface area contributed by atoms with Gasteiger partial charge in [-0.2, -0.15) is 0 Å². The molecule has 0 aliphatic heterocycles. The number of amides is 1. The van der Waals surface area contributed by atoms with Crippen LogP contribution in [0.4, 0.5) is 0 Å². The van der Waals surface area contributed by atoms with Crippen molar-refractivity contribution in [1.82, 2.24) is 5.32 Å². The highest BCUT2D eigenvalue weighted by molar-refractivity contribution is 6.32. The van der Waals surface area contributed by atoms with Gasteiger partial charge in [0.1, 0.15) is 6.10 Å². The van der Waals surface area contributed by atoms with Crippen LogP contribution in [-0.2, 0) is 14.3 Å². The van der Waals surface area contributed by atoms with Crippen molar-refractivity contribution in [3.8, 4) is 0 Å². The third-order valence-corrected chi connectivity index (χ3v) is 2.08. The third kappa shape index (κ3) is 3.38. The van der Waals surface area contributed by atoms with Crippen LogP contribution in [0.1, 0.15) is 25.5 Å². The van der Waals surface area contributed by atoms with Gasteiger partial charge >= 0.3 is 11.9 Å². The maximum absolute atomic E-state index is 11.3. The van der Waals surface area contributed by atoms with E-state index in [0.29, 0.717) is 6.54 Å². The van der Waals surface area contributed by atoms with Gasteiger partial charge in [-0.3, -0.25) is 4.79 Å². The zero-order valence-electron chi connectivity index (χ0n) is 9.40. The van der Waals surface area contributed by atoms with Crippen LogP contribution < -0.4 is 5.32 Å². The molecule has 0 aliphatic rings. The summed E-state index contributed by atoms with van der Waals surface area (Å²) >= 11 is 0. The lowest BCUT2D eigenvalue weighted by Gasteiger charge is -2.12. The second-order valence-corrected chi connectivity index (χ2v) is 3.32. The molecule has 0 aromatic heterocycles. The predicted molar refractivity (Wildman–Crippen MR) is 59.6 cm³/mol. The van der Waals surface area contributed by atoms with Crippen LogP contribution in [0.15, 0.2) is 30.3 Å². The van der Waals surface area contributed by atoms with Gasteiger partial charge in [0.05, 0.1) is 0 Å². The lowest BCUT2D eigenvalue weighted by Crippen LogP contribution is -2.32. The van der Waals surface area contributed by atoms with E-state index in [1.54, 1.807) is 13.8 Å². The Hall–Kier alpha value is -1.84. The first-order valence-electron chi connectivity index (χ1n) is 5.19.